The van der Waals surface area contributed by atoms with Gasteiger partial charge in [0.25, 0.3) is 0 Å². The summed E-state index contributed by atoms with van der Waals surface area (Å²) in [4.78, 5) is 34.9. The third-order valence-electron chi connectivity index (χ3n) is 2.67. The lowest BCUT2D eigenvalue weighted by molar-refractivity contribution is -0.143. The largest absolute Gasteiger partial charge is 0.512 e. The first-order valence-electron chi connectivity index (χ1n) is 6.62. The highest BCUT2D eigenvalue weighted by molar-refractivity contribution is 5.97. The fourth-order valence-corrected chi connectivity index (χ4v) is 1.56. The second kappa shape index (κ2) is 11.3. The first kappa shape index (κ1) is 20.7. The van der Waals surface area contributed by atoms with E-state index in [4.69, 9.17) is 15.3 Å². The number of aliphatic carboxylic acids is 1. The summed E-state index contributed by atoms with van der Waals surface area (Å²) in [5.41, 5.74) is -0.158. The lowest BCUT2D eigenvalue weighted by Crippen LogP contribution is -2.22. The molecule has 8 heteroatoms. The molecule has 2 unspecified atom stereocenters. The van der Waals surface area contributed by atoms with E-state index in [0.717, 1.165) is 18.2 Å². The van der Waals surface area contributed by atoms with Crippen LogP contribution in [0.4, 0.5) is 0 Å². The van der Waals surface area contributed by atoms with E-state index in [0.29, 0.717) is 25.0 Å². The molecule has 0 radical (unpaired) electrons. The van der Waals surface area contributed by atoms with Crippen molar-refractivity contribution in [3.63, 3.8) is 0 Å². The minimum absolute atomic E-state index is 0.158. The molecule has 0 spiro atoms. The smallest absolute Gasteiger partial charge is 0.339 e. The molecule has 0 aliphatic rings. The van der Waals surface area contributed by atoms with Crippen LogP contribution in [0.15, 0.2) is 61.5 Å². The number of rotatable bonds is 9. The van der Waals surface area contributed by atoms with Crippen molar-refractivity contribution in [1.82, 2.24) is 0 Å². The topological polar surface area (TPSA) is 130 Å². The Morgan fingerprint density at radius 3 is 2.08 bits per heavy atom. The number of esters is 2. The van der Waals surface area contributed by atoms with Crippen molar-refractivity contribution in [1.29, 1.82) is 0 Å². The Morgan fingerprint density at radius 1 is 1.04 bits per heavy atom. The predicted octanol–water partition coefficient (Wildman–Crippen LogP) is 2.14. The molecule has 0 amide bonds. The molecule has 0 aliphatic heterocycles. The Kier molecular flexibility index (Phi) is 9.75. The zero-order valence-electron chi connectivity index (χ0n) is 12.9. The maximum atomic E-state index is 12.0. The molecule has 2 atom stereocenters. The van der Waals surface area contributed by atoms with Crippen LogP contribution in [0.2, 0.25) is 0 Å². The van der Waals surface area contributed by atoms with Crippen molar-refractivity contribution in [2.75, 3.05) is 0 Å². The molecule has 0 rings (SSSR count). The van der Waals surface area contributed by atoms with Crippen LogP contribution in [-0.2, 0) is 23.9 Å². The van der Waals surface area contributed by atoms with Crippen LogP contribution in [0.5, 0.6) is 0 Å². The van der Waals surface area contributed by atoms with Gasteiger partial charge in [0.2, 0.25) is 0 Å². The third kappa shape index (κ3) is 6.65. The van der Waals surface area contributed by atoms with Gasteiger partial charge in [-0.15, -0.1) is 6.58 Å². The van der Waals surface area contributed by atoms with Gasteiger partial charge in [-0.05, 0) is 6.92 Å². The summed E-state index contributed by atoms with van der Waals surface area (Å²) in [6.45, 7) is 4.82. The Balaban J connectivity index is 5.63. The van der Waals surface area contributed by atoms with E-state index in [1.165, 1.54) is 13.0 Å². The van der Waals surface area contributed by atoms with Gasteiger partial charge in [-0.1, -0.05) is 24.3 Å². The standard InChI is InChI=1S/C16H18O8/c1-3-11(14(19)20)5-6-13(16(22)24-10-8-18)12(4-2)15(21)23-9-7-17/h3-11,13,17-18H,1H2,2H3,(H,19,20). The van der Waals surface area contributed by atoms with E-state index in [2.05, 4.69) is 16.1 Å². The summed E-state index contributed by atoms with van der Waals surface area (Å²) in [6, 6.07) is 0. The van der Waals surface area contributed by atoms with Gasteiger partial charge in [-0.3, -0.25) is 9.59 Å². The SMILES string of the molecule is C=CC(C=CC(C(=O)OC=CO)C(=CC)C(=O)OC=CO)C(=O)O. The average molecular weight is 338 g/mol. The minimum Gasteiger partial charge on any atom is -0.512 e. The number of carbonyl (C=O) groups excluding carboxylic acids is 2. The van der Waals surface area contributed by atoms with Crippen LogP contribution in [-0.4, -0.2) is 33.2 Å². The molecule has 0 bridgehead atoms. The molecule has 0 aromatic carbocycles. The second-order valence-electron chi connectivity index (χ2n) is 4.12. The van der Waals surface area contributed by atoms with Crippen LogP contribution in [0.3, 0.4) is 0 Å². The Hall–Kier alpha value is -3.29. The first-order chi connectivity index (χ1) is 11.4. The Labute approximate surface area is 138 Å². The molecule has 0 saturated heterocycles. The lowest BCUT2D eigenvalue weighted by Gasteiger charge is -2.13. The fraction of sp³-hybridized carbons (Fsp3) is 0.188. The van der Waals surface area contributed by atoms with Crippen LogP contribution >= 0.6 is 0 Å². The van der Waals surface area contributed by atoms with Gasteiger partial charge < -0.3 is 24.8 Å². The van der Waals surface area contributed by atoms with Gasteiger partial charge in [0.05, 0.1) is 11.5 Å². The van der Waals surface area contributed by atoms with E-state index in [9.17, 15) is 14.4 Å². The summed E-state index contributed by atoms with van der Waals surface area (Å²) >= 11 is 0. The average Bonchev–Trinajstić information content (AvgIpc) is 2.56. The van der Waals surface area contributed by atoms with E-state index in [1.54, 1.807) is 0 Å². The molecule has 130 valence electrons. The van der Waals surface area contributed by atoms with Crippen molar-refractivity contribution in [3.05, 3.63) is 61.5 Å². The van der Waals surface area contributed by atoms with Crippen LogP contribution < -0.4 is 0 Å². The summed E-state index contributed by atoms with van der Waals surface area (Å²) < 4.78 is 9.18. The lowest BCUT2D eigenvalue weighted by atomic mass is 9.96. The zero-order valence-corrected chi connectivity index (χ0v) is 12.9. The van der Waals surface area contributed by atoms with Crippen molar-refractivity contribution in [2.24, 2.45) is 11.8 Å². The van der Waals surface area contributed by atoms with E-state index >= 15 is 0 Å². The number of carboxylic acids is 1. The number of carbonyl (C=O) groups is 3. The number of hydrogen-bond acceptors (Lipinski definition) is 7. The first-order valence-corrected chi connectivity index (χ1v) is 6.62. The quantitative estimate of drug-likeness (QED) is 0.252. The third-order valence-corrected chi connectivity index (χ3v) is 2.67. The number of aliphatic hydroxyl groups excluding tert-OH is 2. The zero-order chi connectivity index (χ0) is 18.5. The maximum Gasteiger partial charge on any atom is 0.339 e. The summed E-state index contributed by atoms with van der Waals surface area (Å²) in [6.07, 6.45) is 7.07. The van der Waals surface area contributed by atoms with Gasteiger partial charge in [-0.2, -0.15) is 0 Å². The molecule has 24 heavy (non-hydrogen) atoms. The van der Waals surface area contributed by atoms with E-state index in [1.807, 2.05) is 0 Å². The van der Waals surface area contributed by atoms with Crippen molar-refractivity contribution in [3.8, 4) is 0 Å². The molecule has 3 N–H and O–H groups in total. The minimum atomic E-state index is -1.30. The maximum absolute atomic E-state index is 12.0. The van der Waals surface area contributed by atoms with Gasteiger partial charge in [0, 0.05) is 0 Å². The molecule has 0 aromatic heterocycles. The van der Waals surface area contributed by atoms with Crippen molar-refractivity contribution in [2.45, 2.75) is 6.92 Å². The number of ether oxygens (including phenoxy) is 2. The summed E-state index contributed by atoms with van der Waals surface area (Å²) in [5, 5.41) is 26.0. The van der Waals surface area contributed by atoms with E-state index in [-0.39, 0.29) is 5.57 Å². The Bertz CT molecular complexity index is 583. The molecule has 0 saturated carbocycles. The van der Waals surface area contributed by atoms with Gasteiger partial charge in [0.15, 0.2) is 0 Å². The van der Waals surface area contributed by atoms with Crippen LogP contribution in [0, 0.1) is 11.8 Å². The highest BCUT2D eigenvalue weighted by Crippen LogP contribution is 2.19. The highest BCUT2D eigenvalue weighted by Gasteiger charge is 2.27. The molecule has 0 heterocycles. The summed E-state index contributed by atoms with van der Waals surface area (Å²) in [7, 11) is 0. The Morgan fingerprint density at radius 2 is 1.62 bits per heavy atom. The predicted molar refractivity (Wildman–Crippen MR) is 83.4 cm³/mol. The molecule has 8 nitrogen and oxygen atoms in total. The van der Waals surface area contributed by atoms with Gasteiger partial charge in [0.1, 0.15) is 31.0 Å². The van der Waals surface area contributed by atoms with Crippen LogP contribution in [0.25, 0.3) is 0 Å². The van der Waals surface area contributed by atoms with Gasteiger partial charge in [-0.25, -0.2) is 4.79 Å². The molecule has 0 aromatic rings. The summed E-state index contributed by atoms with van der Waals surface area (Å²) in [5.74, 6) is -5.49. The molecule has 0 aliphatic carbocycles. The monoisotopic (exact) mass is 338 g/mol. The normalized spacial score (nSPS) is 14.6. The van der Waals surface area contributed by atoms with Crippen LogP contribution in [0.1, 0.15) is 6.92 Å². The number of allylic oxidation sites excluding steroid dienone is 1. The van der Waals surface area contributed by atoms with Gasteiger partial charge >= 0.3 is 17.9 Å². The fourth-order valence-electron chi connectivity index (χ4n) is 1.56. The number of carboxylic acid groups (broad SMARTS) is 1. The van der Waals surface area contributed by atoms with E-state index < -0.39 is 29.7 Å². The number of hydrogen-bond donors (Lipinski definition) is 3. The second-order valence-corrected chi connectivity index (χ2v) is 4.12. The molecular weight excluding hydrogens is 320 g/mol. The number of aliphatic hydroxyl groups is 2. The molecular formula is C16H18O8. The van der Waals surface area contributed by atoms with Crippen molar-refractivity contribution >= 4 is 17.9 Å². The van der Waals surface area contributed by atoms with Crippen molar-refractivity contribution < 1.29 is 39.2 Å². The molecule has 0 fully saturated rings. The highest BCUT2D eigenvalue weighted by atomic mass is 16.5.